The van der Waals surface area contributed by atoms with Crippen molar-refractivity contribution in [2.75, 3.05) is 25.5 Å². The Hall–Kier alpha value is -2.66. The number of nitriles is 1. The maximum Gasteiger partial charge on any atom is 0.417 e. The smallest absolute Gasteiger partial charge is 0.364 e. The Morgan fingerprint density at radius 1 is 1.26 bits per heavy atom. The van der Waals surface area contributed by atoms with Gasteiger partial charge in [0.15, 0.2) is 5.82 Å². The van der Waals surface area contributed by atoms with E-state index in [-0.39, 0.29) is 0 Å². The number of piperidine rings is 1. The van der Waals surface area contributed by atoms with Crippen LogP contribution in [0.2, 0.25) is 0 Å². The fourth-order valence-electron chi connectivity index (χ4n) is 3.29. The van der Waals surface area contributed by atoms with E-state index in [0.29, 0.717) is 23.1 Å². The fourth-order valence-corrected chi connectivity index (χ4v) is 3.29. The van der Waals surface area contributed by atoms with Gasteiger partial charge in [-0.25, -0.2) is 0 Å². The van der Waals surface area contributed by atoms with Gasteiger partial charge < -0.3 is 10.2 Å². The second kappa shape index (κ2) is 7.53. The van der Waals surface area contributed by atoms with Crippen molar-refractivity contribution >= 4 is 5.82 Å². The molecule has 2 aromatic rings. The number of aryl methyl sites for hydroxylation is 1. The van der Waals surface area contributed by atoms with Crippen LogP contribution in [0.5, 0.6) is 0 Å². The van der Waals surface area contributed by atoms with Crippen LogP contribution in [0.3, 0.4) is 0 Å². The number of rotatable bonds is 3. The monoisotopic (exact) mass is 375 g/mol. The molecule has 1 aliphatic rings. The Bertz CT molecular complexity index is 873. The standard InChI is InChI=1S/C19H20F3N5/c1-12-8-17(13-5-6-16(19(20,21)22)14(9-13)10-23)25-26-18(12)24-15-4-3-7-27(2)11-15/h5-6,8-9,15H,3-4,7,11H2,1-2H3,(H,24,26)/t15-/m1/s1. The van der Waals surface area contributed by atoms with Crippen LogP contribution >= 0.6 is 0 Å². The molecular formula is C19H20F3N5. The van der Waals surface area contributed by atoms with Crippen LogP contribution < -0.4 is 5.32 Å². The predicted molar refractivity (Wildman–Crippen MR) is 96.1 cm³/mol. The molecule has 1 fully saturated rings. The molecule has 0 aliphatic carbocycles. The molecule has 0 bridgehead atoms. The lowest BCUT2D eigenvalue weighted by atomic mass is 10.0. The summed E-state index contributed by atoms with van der Waals surface area (Å²) in [6.45, 7) is 3.88. The topological polar surface area (TPSA) is 64.8 Å². The highest BCUT2D eigenvalue weighted by Crippen LogP contribution is 2.34. The number of alkyl halides is 3. The summed E-state index contributed by atoms with van der Waals surface area (Å²) in [5.41, 5.74) is 0.347. The molecule has 2 heterocycles. The number of aromatic nitrogens is 2. The zero-order valence-corrected chi connectivity index (χ0v) is 15.1. The normalized spacial score (nSPS) is 18.1. The number of nitrogens with zero attached hydrogens (tertiary/aromatic N) is 4. The molecule has 1 atom stereocenters. The molecule has 1 saturated heterocycles. The number of benzene rings is 1. The summed E-state index contributed by atoms with van der Waals surface area (Å²) >= 11 is 0. The summed E-state index contributed by atoms with van der Waals surface area (Å²) in [6.07, 6.45) is -2.40. The molecule has 0 radical (unpaired) electrons. The van der Waals surface area contributed by atoms with Gasteiger partial charge in [-0.3, -0.25) is 0 Å². The second-order valence-corrected chi connectivity index (χ2v) is 6.88. The maximum atomic E-state index is 12.9. The largest absolute Gasteiger partial charge is 0.417 e. The van der Waals surface area contributed by atoms with E-state index >= 15 is 0 Å². The van der Waals surface area contributed by atoms with Gasteiger partial charge in [-0.15, -0.1) is 10.2 Å². The lowest BCUT2D eigenvalue weighted by Crippen LogP contribution is -2.40. The van der Waals surface area contributed by atoms with E-state index in [0.717, 1.165) is 37.6 Å². The molecule has 0 amide bonds. The molecule has 0 unspecified atom stereocenters. The quantitative estimate of drug-likeness (QED) is 0.883. The zero-order valence-electron chi connectivity index (χ0n) is 15.1. The molecule has 0 saturated carbocycles. The second-order valence-electron chi connectivity index (χ2n) is 6.88. The van der Waals surface area contributed by atoms with Gasteiger partial charge in [-0.2, -0.15) is 18.4 Å². The van der Waals surface area contributed by atoms with Crippen molar-refractivity contribution in [3.63, 3.8) is 0 Å². The minimum absolute atomic E-state index is 0.291. The van der Waals surface area contributed by atoms with E-state index in [4.69, 9.17) is 5.26 Å². The van der Waals surface area contributed by atoms with Crippen molar-refractivity contribution in [3.8, 4) is 17.3 Å². The summed E-state index contributed by atoms with van der Waals surface area (Å²) in [4.78, 5) is 2.25. The van der Waals surface area contributed by atoms with Gasteiger partial charge in [0.05, 0.1) is 22.9 Å². The van der Waals surface area contributed by atoms with E-state index in [9.17, 15) is 13.2 Å². The lowest BCUT2D eigenvalue weighted by Gasteiger charge is -2.30. The van der Waals surface area contributed by atoms with Gasteiger partial charge in [0.2, 0.25) is 0 Å². The van der Waals surface area contributed by atoms with Crippen LogP contribution in [0.1, 0.15) is 29.5 Å². The summed E-state index contributed by atoms with van der Waals surface area (Å²) < 4.78 is 38.8. The minimum Gasteiger partial charge on any atom is -0.364 e. The van der Waals surface area contributed by atoms with Crippen LogP contribution in [0.15, 0.2) is 24.3 Å². The van der Waals surface area contributed by atoms with E-state index in [2.05, 4.69) is 27.5 Å². The highest BCUT2D eigenvalue weighted by molar-refractivity contribution is 5.65. The summed E-state index contributed by atoms with van der Waals surface area (Å²) in [6, 6.07) is 7.10. The maximum absolute atomic E-state index is 12.9. The predicted octanol–water partition coefficient (Wildman–Crippen LogP) is 3.85. The van der Waals surface area contributed by atoms with Gasteiger partial charge in [-0.05, 0) is 57.1 Å². The number of halogens is 3. The number of nitrogens with one attached hydrogen (secondary N) is 1. The number of likely N-dealkylation sites (tertiary alicyclic amines) is 1. The molecule has 1 aromatic heterocycles. The van der Waals surface area contributed by atoms with E-state index in [1.807, 2.05) is 6.92 Å². The number of hydrogen-bond donors (Lipinski definition) is 1. The van der Waals surface area contributed by atoms with Crippen molar-refractivity contribution in [2.45, 2.75) is 32.0 Å². The van der Waals surface area contributed by atoms with E-state index in [1.165, 1.54) is 12.1 Å². The fraction of sp³-hybridized carbons (Fsp3) is 0.421. The summed E-state index contributed by atoms with van der Waals surface area (Å²) in [7, 11) is 2.08. The first kappa shape index (κ1) is 19.1. The third-order valence-corrected chi connectivity index (χ3v) is 4.69. The molecule has 1 N–H and O–H groups in total. The van der Waals surface area contributed by atoms with Crippen LogP contribution in [0, 0.1) is 18.3 Å². The first-order valence-electron chi connectivity index (χ1n) is 8.69. The molecule has 142 valence electrons. The number of likely N-dealkylation sites (N-methyl/N-ethyl adjacent to an activating group) is 1. The number of hydrogen-bond acceptors (Lipinski definition) is 5. The van der Waals surface area contributed by atoms with Crippen LogP contribution in [-0.4, -0.2) is 41.3 Å². The molecule has 27 heavy (non-hydrogen) atoms. The van der Waals surface area contributed by atoms with Crippen molar-refractivity contribution in [1.82, 2.24) is 15.1 Å². The Morgan fingerprint density at radius 3 is 2.67 bits per heavy atom. The SMILES string of the molecule is Cc1cc(-c2ccc(C(F)(F)F)c(C#N)c2)nnc1N[C@@H]1CCCN(C)C1. The van der Waals surface area contributed by atoms with Gasteiger partial charge in [-0.1, -0.05) is 6.07 Å². The zero-order chi connectivity index (χ0) is 19.6. The van der Waals surface area contributed by atoms with Gasteiger partial charge >= 0.3 is 6.18 Å². The third kappa shape index (κ3) is 4.37. The van der Waals surface area contributed by atoms with E-state index in [1.54, 1.807) is 12.1 Å². The van der Waals surface area contributed by atoms with Gasteiger partial charge in [0.1, 0.15) is 0 Å². The molecule has 5 nitrogen and oxygen atoms in total. The molecule has 3 rings (SSSR count). The number of anilines is 1. The first-order valence-corrected chi connectivity index (χ1v) is 8.69. The third-order valence-electron chi connectivity index (χ3n) is 4.69. The van der Waals surface area contributed by atoms with Crippen molar-refractivity contribution in [1.29, 1.82) is 5.26 Å². The molecule has 1 aliphatic heterocycles. The van der Waals surface area contributed by atoms with Gasteiger partial charge in [0, 0.05) is 18.2 Å². The average molecular weight is 375 g/mol. The van der Waals surface area contributed by atoms with Crippen LogP contribution in [0.25, 0.3) is 11.3 Å². The molecule has 8 heteroatoms. The lowest BCUT2D eigenvalue weighted by molar-refractivity contribution is -0.137. The van der Waals surface area contributed by atoms with Crippen molar-refractivity contribution < 1.29 is 13.2 Å². The Morgan fingerprint density at radius 2 is 2.04 bits per heavy atom. The van der Waals surface area contributed by atoms with Crippen LogP contribution in [-0.2, 0) is 6.18 Å². The van der Waals surface area contributed by atoms with E-state index < -0.39 is 17.3 Å². The Kier molecular flexibility index (Phi) is 5.33. The average Bonchev–Trinajstić information content (AvgIpc) is 2.62. The molecule has 0 spiro atoms. The van der Waals surface area contributed by atoms with Crippen molar-refractivity contribution in [2.24, 2.45) is 0 Å². The van der Waals surface area contributed by atoms with Gasteiger partial charge in [0.25, 0.3) is 0 Å². The summed E-state index contributed by atoms with van der Waals surface area (Å²) in [5.74, 6) is 0.673. The first-order chi connectivity index (χ1) is 12.8. The Balaban J connectivity index is 1.84. The highest BCUT2D eigenvalue weighted by atomic mass is 19.4. The highest BCUT2D eigenvalue weighted by Gasteiger charge is 2.33. The Labute approximate surface area is 155 Å². The summed E-state index contributed by atoms with van der Waals surface area (Å²) in [5, 5.41) is 20.8. The minimum atomic E-state index is -4.56. The van der Waals surface area contributed by atoms with Crippen LogP contribution in [0.4, 0.5) is 19.0 Å². The van der Waals surface area contributed by atoms with Crippen molar-refractivity contribution in [3.05, 3.63) is 41.0 Å². The molecule has 1 aromatic carbocycles. The molecular weight excluding hydrogens is 355 g/mol.